The molecule has 0 saturated heterocycles. The molecular weight excluding hydrogens is 296 g/mol. The maximum absolute atomic E-state index is 11.9. The second-order valence-electron chi connectivity index (χ2n) is 4.10. The van der Waals surface area contributed by atoms with Crippen LogP contribution in [0.3, 0.4) is 0 Å². The lowest BCUT2D eigenvalue weighted by atomic mass is 10.2. The zero-order chi connectivity index (χ0) is 15.2. The summed E-state index contributed by atoms with van der Waals surface area (Å²) in [4.78, 5) is 27.2. The summed E-state index contributed by atoms with van der Waals surface area (Å²) in [7, 11) is 0. The summed E-state index contributed by atoms with van der Waals surface area (Å²) in [6.45, 7) is 0.154. The molecule has 0 fully saturated rings. The van der Waals surface area contributed by atoms with Crippen LogP contribution in [0, 0.1) is 10.1 Å². The van der Waals surface area contributed by atoms with Crippen LogP contribution in [0.2, 0.25) is 5.02 Å². The molecule has 2 aromatic carbocycles. The van der Waals surface area contributed by atoms with Crippen molar-refractivity contribution in [2.75, 3.05) is 0 Å². The van der Waals surface area contributed by atoms with Crippen LogP contribution in [0.15, 0.2) is 48.5 Å². The Morgan fingerprint density at radius 3 is 2.57 bits per heavy atom. The molecule has 0 saturated carbocycles. The zero-order valence-electron chi connectivity index (χ0n) is 10.8. The molecule has 108 valence electrons. The number of carbonyl (C=O) groups excluding carboxylic acids is 1. The fraction of sp³-hybridized carbons (Fsp3) is 0.0714. The average molecular weight is 307 g/mol. The Balaban J connectivity index is 2.04. The zero-order valence-corrected chi connectivity index (χ0v) is 11.5. The third-order valence-electron chi connectivity index (χ3n) is 2.66. The standard InChI is InChI=1S/C14H11ClN2O4/c15-12-8-4-7-11(13(12)17(19)20)14(18)16-21-9-10-5-2-1-3-6-10/h1-8H,9H2,(H,16,18). The third kappa shape index (κ3) is 3.77. The van der Waals surface area contributed by atoms with Crippen molar-refractivity contribution in [3.05, 3.63) is 74.8 Å². The van der Waals surface area contributed by atoms with Gasteiger partial charge in [0.25, 0.3) is 5.91 Å². The first-order valence-corrected chi connectivity index (χ1v) is 6.36. The van der Waals surface area contributed by atoms with E-state index in [0.29, 0.717) is 0 Å². The lowest BCUT2D eigenvalue weighted by Gasteiger charge is -2.07. The van der Waals surface area contributed by atoms with Gasteiger partial charge in [-0.2, -0.15) is 0 Å². The molecule has 1 N–H and O–H groups in total. The van der Waals surface area contributed by atoms with Gasteiger partial charge >= 0.3 is 5.69 Å². The second kappa shape index (κ2) is 6.83. The predicted octanol–water partition coefficient (Wildman–Crippen LogP) is 3.11. The molecule has 2 aromatic rings. The first kappa shape index (κ1) is 15.0. The Labute approximate surface area is 125 Å². The number of nitrogens with zero attached hydrogens (tertiary/aromatic N) is 1. The van der Waals surface area contributed by atoms with Crippen LogP contribution in [0.5, 0.6) is 0 Å². The van der Waals surface area contributed by atoms with Gasteiger partial charge in [-0.25, -0.2) is 5.48 Å². The van der Waals surface area contributed by atoms with Crippen molar-refractivity contribution in [1.82, 2.24) is 5.48 Å². The molecule has 0 aliphatic heterocycles. The van der Waals surface area contributed by atoms with Gasteiger partial charge in [0, 0.05) is 0 Å². The van der Waals surface area contributed by atoms with Crippen molar-refractivity contribution in [2.45, 2.75) is 6.61 Å². The Bertz CT molecular complexity index is 661. The largest absolute Gasteiger partial charge is 0.300 e. The van der Waals surface area contributed by atoms with Crippen LogP contribution in [0.1, 0.15) is 15.9 Å². The van der Waals surface area contributed by atoms with E-state index in [1.807, 2.05) is 30.3 Å². The molecule has 0 radical (unpaired) electrons. The lowest BCUT2D eigenvalue weighted by Crippen LogP contribution is -2.24. The van der Waals surface area contributed by atoms with E-state index in [0.717, 1.165) is 5.56 Å². The minimum Gasteiger partial charge on any atom is -0.269 e. The molecule has 21 heavy (non-hydrogen) atoms. The summed E-state index contributed by atoms with van der Waals surface area (Å²) >= 11 is 5.74. The van der Waals surface area contributed by atoms with Crippen LogP contribution in [-0.2, 0) is 11.4 Å². The SMILES string of the molecule is O=C(NOCc1ccccc1)c1cccc(Cl)c1[N+](=O)[O-]. The lowest BCUT2D eigenvalue weighted by molar-refractivity contribution is -0.385. The fourth-order valence-corrected chi connectivity index (χ4v) is 1.94. The van der Waals surface area contributed by atoms with Gasteiger partial charge in [0.2, 0.25) is 0 Å². The molecule has 2 rings (SSSR count). The average Bonchev–Trinajstić information content (AvgIpc) is 2.47. The normalized spacial score (nSPS) is 10.1. The molecule has 0 heterocycles. The number of nitro groups is 1. The van der Waals surface area contributed by atoms with Crippen LogP contribution < -0.4 is 5.48 Å². The number of hydrogen-bond acceptors (Lipinski definition) is 4. The fourth-order valence-electron chi connectivity index (χ4n) is 1.70. The van der Waals surface area contributed by atoms with E-state index in [-0.39, 0.29) is 17.2 Å². The van der Waals surface area contributed by atoms with Crippen molar-refractivity contribution >= 4 is 23.2 Å². The molecular formula is C14H11ClN2O4. The first-order chi connectivity index (χ1) is 10.1. The number of hydrogen-bond donors (Lipinski definition) is 1. The van der Waals surface area contributed by atoms with Gasteiger partial charge in [-0.15, -0.1) is 0 Å². The molecule has 0 aromatic heterocycles. The summed E-state index contributed by atoms with van der Waals surface area (Å²) in [5.74, 6) is -0.722. The Kier molecular flexibility index (Phi) is 4.86. The smallest absolute Gasteiger partial charge is 0.269 e. The molecule has 6 nitrogen and oxygen atoms in total. The molecule has 0 bridgehead atoms. The molecule has 0 spiro atoms. The molecule has 0 atom stereocenters. The van der Waals surface area contributed by atoms with Gasteiger partial charge in [-0.1, -0.05) is 48.0 Å². The van der Waals surface area contributed by atoms with Crippen molar-refractivity contribution in [3.63, 3.8) is 0 Å². The number of benzene rings is 2. The summed E-state index contributed by atoms with van der Waals surface area (Å²) < 4.78 is 0. The molecule has 0 aliphatic rings. The number of rotatable bonds is 5. The number of hydroxylamine groups is 1. The van der Waals surface area contributed by atoms with Gasteiger partial charge in [-0.05, 0) is 17.7 Å². The number of nitro benzene ring substituents is 1. The number of amides is 1. The van der Waals surface area contributed by atoms with E-state index in [9.17, 15) is 14.9 Å². The quantitative estimate of drug-likeness (QED) is 0.679. The second-order valence-corrected chi connectivity index (χ2v) is 4.51. The van der Waals surface area contributed by atoms with E-state index >= 15 is 0 Å². The summed E-state index contributed by atoms with van der Waals surface area (Å²) in [5.41, 5.74) is 2.43. The van der Waals surface area contributed by atoms with Gasteiger partial charge in [0.15, 0.2) is 0 Å². The minimum atomic E-state index is -0.722. The van der Waals surface area contributed by atoms with Crippen molar-refractivity contribution < 1.29 is 14.6 Å². The summed E-state index contributed by atoms with van der Waals surface area (Å²) in [5, 5.41) is 10.8. The highest BCUT2D eigenvalue weighted by Gasteiger charge is 2.23. The Hall–Kier alpha value is -2.44. The van der Waals surface area contributed by atoms with Crippen LogP contribution in [-0.4, -0.2) is 10.8 Å². The topological polar surface area (TPSA) is 81.5 Å². The van der Waals surface area contributed by atoms with Gasteiger partial charge < -0.3 is 0 Å². The van der Waals surface area contributed by atoms with Gasteiger partial charge in [0.1, 0.15) is 10.6 Å². The van der Waals surface area contributed by atoms with Gasteiger partial charge in [0.05, 0.1) is 11.5 Å². The van der Waals surface area contributed by atoms with E-state index < -0.39 is 16.5 Å². The highest BCUT2D eigenvalue weighted by molar-refractivity contribution is 6.33. The summed E-state index contributed by atoms with van der Waals surface area (Å²) in [6, 6.07) is 13.3. The van der Waals surface area contributed by atoms with E-state index in [1.54, 1.807) is 0 Å². The minimum absolute atomic E-state index is 0.101. The Morgan fingerprint density at radius 1 is 1.19 bits per heavy atom. The van der Waals surface area contributed by atoms with Crippen LogP contribution in [0.25, 0.3) is 0 Å². The van der Waals surface area contributed by atoms with Gasteiger partial charge in [-0.3, -0.25) is 19.7 Å². The molecule has 7 heteroatoms. The first-order valence-electron chi connectivity index (χ1n) is 5.98. The number of carbonyl (C=O) groups is 1. The van der Waals surface area contributed by atoms with E-state index in [1.165, 1.54) is 18.2 Å². The predicted molar refractivity (Wildman–Crippen MR) is 76.8 cm³/mol. The molecule has 0 unspecified atom stereocenters. The number of nitrogens with one attached hydrogen (secondary N) is 1. The number of para-hydroxylation sites is 1. The highest BCUT2D eigenvalue weighted by Crippen LogP contribution is 2.27. The summed E-state index contributed by atoms with van der Waals surface area (Å²) in [6.07, 6.45) is 0. The van der Waals surface area contributed by atoms with Crippen molar-refractivity contribution in [1.29, 1.82) is 0 Å². The monoisotopic (exact) mass is 306 g/mol. The maximum atomic E-state index is 11.9. The number of halogens is 1. The van der Waals surface area contributed by atoms with E-state index in [4.69, 9.17) is 16.4 Å². The Morgan fingerprint density at radius 2 is 1.90 bits per heavy atom. The van der Waals surface area contributed by atoms with Crippen molar-refractivity contribution in [3.8, 4) is 0 Å². The van der Waals surface area contributed by atoms with Crippen LogP contribution >= 0.6 is 11.6 Å². The maximum Gasteiger partial charge on any atom is 0.300 e. The highest BCUT2D eigenvalue weighted by atomic mass is 35.5. The van der Waals surface area contributed by atoms with Crippen LogP contribution in [0.4, 0.5) is 5.69 Å². The third-order valence-corrected chi connectivity index (χ3v) is 2.97. The molecule has 1 amide bonds. The van der Waals surface area contributed by atoms with Crippen molar-refractivity contribution in [2.24, 2.45) is 0 Å². The molecule has 0 aliphatic carbocycles. The van der Waals surface area contributed by atoms with E-state index in [2.05, 4.69) is 5.48 Å².